The van der Waals surface area contributed by atoms with Crippen molar-refractivity contribution in [3.8, 4) is 0 Å². The fourth-order valence-electron chi connectivity index (χ4n) is 4.17. The number of hydrogen-bond donors (Lipinski definition) is 3. The van der Waals surface area contributed by atoms with Crippen LogP contribution in [-0.4, -0.2) is 38.6 Å². The Kier molecular flexibility index (Phi) is 7.07. The van der Waals surface area contributed by atoms with Crippen LogP contribution in [0.4, 0.5) is 17.1 Å². The second-order valence-corrected chi connectivity index (χ2v) is 8.48. The summed E-state index contributed by atoms with van der Waals surface area (Å²) in [6.45, 7) is 10.0. The molecule has 0 bridgehead atoms. The van der Waals surface area contributed by atoms with Crippen molar-refractivity contribution in [2.45, 2.75) is 19.9 Å². The maximum atomic E-state index is 13.2. The van der Waals surface area contributed by atoms with Crippen LogP contribution in [0.1, 0.15) is 24.1 Å². The van der Waals surface area contributed by atoms with E-state index in [9.17, 15) is 4.79 Å². The molecule has 3 aromatic rings. The molecule has 0 spiro atoms. The predicted octanol–water partition coefficient (Wildman–Crippen LogP) is 3.51. The lowest BCUT2D eigenvalue weighted by Gasteiger charge is -2.33. The minimum Gasteiger partial charge on any atom is -0.370 e. The molecule has 3 N–H and O–H groups in total. The third kappa shape index (κ3) is 5.48. The molecule has 0 aromatic heterocycles. The maximum Gasteiger partial charge on any atom is 0.251 e. The summed E-state index contributed by atoms with van der Waals surface area (Å²) >= 11 is 0. The number of anilines is 3. The summed E-state index contributed by atoms with van der Waals surface area (Å²) in [6, 6.07) is 25.7. The molecule has 0 unspecified atom stereocenters. The van der Waals surface area contributed by atoms with Gasteiger partial charge in [0, 0.05) is 17.1 Å². The van der Waals surface area contributed by atoms with E-state index >= 15 is 0 Å². The summed E-state index contributed by atoms with van der Waals surface area (Å²) in [5, 5.41) is 6.49. The SMILES string of the molecule is CC[NH+]1CCN(c2ccc(N[C@@H](C(=O)Nc3ccc(C)cc3)c3ccccc3)cc2)CC1. The number of nitrogens with zero attached hydrogens (tertiary/aromatic N) is 1. The van der Waals surface area contributed by atoms with E-state index in [4.69, 9.17) is 0 Å². The summed E-state index contributed by atoms with van der Waals surface area (Å²) < 4.78 is 0. The molecule has 5 nitrogen and oxygen atoms in total. The van der Waals surface area contributed by atoms with Crippen molar-refractivity contribution in [3.05, 3.63) is 90.0 Å². The van der Waals surface area contributed by atoms with E-state index in [0.717, 1.165) is 30.0 Å². The molecular weight excluding hydrogens is 396 g/mol. The Balaban J connectivity index is 1.47. The lowest BCUT2D eigenvalue weighted by molar-refractivity contribution is -0.898. The Hall–Kier alpha value is -3.31. The Morgan fingerprint density at radius 1 is 0.906 bits per heavy atom. The first kappa shape index (κ1) is 21.9. The molecule has 1 fully saturated rings. The average molecular weight is 430 g/mol. The number of amides is 1. The van der Waals surface area contributed by atoms with Crippen LogP contribution in [0.15, 0.2) is 78.9 Å². The van der Waals surface area contributed by atoms with Crippen molar-refractivity contribution in [1.82, 2.24) is 0 Å². The molecule has 0 radical (unpaired) electrons. The van der Waals surface area contributed by atoms with Crippen molar-refractivity contribution in [2.24, 2.45) is 0 Å². The van der Waals surface area contributed by atoms with Crippen LogP contribution in [0.25, 0.3) is 0 Å². The molecule has 1 aliphatic heterocycles. The van der Waals surface area contributed by atoms with E-state index in [2.05, 4.69) is 46.7 Å². The smallest absolute Gasteiger partial charge is 0.251 e. The molecule has 1 amide bonds. The van der Waals surface area contributed by atoms with Crippen molar-refractivity contribution < 1.29 is 9.69 Å². The van der Waals surface area contributed by atoms with Gasteiger partial charge in [0.2, 0.25) is 0 Å². The van der Waals surface area contributed by atoms with Crippen molar-refractivity contribution in [3.63, 3.8) is 0 Å². The van der Waals surface area contributed by atoms with Gasteiger partial charge in [0.15, 0.2) is 0 Å². The Morgan fingerprint density at radius 3 is 2.16 bits per heavy atom. The van der Waals surface area contributed by atoms with E-state index in [1.165, 1.54) is 30.9 Å². The van der Waals surface area contributed by atoms with Gasteiger partial charge in [0.25, 0.3) is 5.91 Å². The topological polar surface area (TPSA) is 48.8 Å². The van der Waals surface area contributed by atoms with Crippen molar-refractivity contribution >= 4 is 23.0 Å². The van der Waals surface area contributed by atoms with Gasteiger partial charge in [-0.15, -0.1) is 0 Å². The zero-order valence-corrected chi connectivity index (χ0v) is 19.0. The highest BCUT2D eigenvalue weighted by molar-refractivity contribution is 5.97. The standard InChI is InChI=1S/C27H32N4O/c1-3-30-17-19-31(20-18-30)25-15-13-23(14-16-25)28-26(22-7-5-4-6-8-22)27(32)29-24-11-9-21(2)10-12-24/h4-16,26,28H,3,17-20H2,1-2H3,(H,29,32)/p+1/t26-/m1/s1. The van der Waals surface area contributed by atoms with Crippen LogP contribution < -0.4 is 20.4 Å². The van der Waals surface area contributed by atoms with Gasteiger partial charge in [-0.25, -0.2) is 0 Å². The fourth-order valence-corrected chi connectivity index (χ4v) is 4.17. The van der Waals surface area contributed by atoms with Crippen LogP contribution >= 0.6 is 0 Å². The number of benzene rings is 3. The highest BCUT2D eigenvalue weighted by Crippen LogP contribution is 2.24. The number of nitrogens with one attached hydrogen (secondary N) is 3. The van der Waals surface area contributed by atoms with Gasteiger partial charge in [-0.3, -0.25) is 4.79 Å². The molecule has 32 heavy (non-hydrogen) atoms. The summed E-state index contributed by atoms with van der Waals surface area (Å²) in [4.78, 5) is 17.3. The largest absolute Gasteiger partial charge is 0.370 e. The number of aryl methyl sites for hydroxylation is 1. The third-order valence-electron chi connectivity index (χ3n) is 6.23. The molecule has 1 saturated heterocycles. The highest BCUT2D eigenvalue weighted by Gasteiger charge is 2.22. The van der Waals surface area contributed by atoms with Crippen molar-refractivity contribution in [1.29, 1.82) is 0 Å². The summed E-state index contributed by atoms with van der Waals surface area (Å²) in [6.07, 6.45) is 0. The normalized spacial score (nSPS) is 15.2. The number of likely N-dealkylation sites (N-methyl/N-ethyl adjacent to an activating group) is 1. The fraction of sp³-hybridized carbons (Fsp3) is 0.296. The second-order valence-electron chi connectivity index (χ2n) is 8.48. The first-order valence-corrected chi connectivity index (χ1v) is 11.5. The summed E-state index contributed by atoms with van der Waals surface area (Å²) in [5.41, 5.74) is 5.07. The van der Waals surface area contributed by atoms with Gasteiger partial charge >= 0.3 is 0 Å². The highest BCUT2D eigenvalue weighted by atomic mass is 16.2. The number of rotatable bonds is 7. The molecule has 1 heterocycles. The average Bonchev–Trinajstić information content (AvgIpc) is 2.85. The number of piperazine rings is 1. The Bertz CT molecular complexity index is 994. The molecule has 1 atom stereocenters. The molecule has 4 rings (SSSR count). The van der Waals surface area contributed by atoms with Gasteiger partial charge < -0.3 is 20.4 Å². The van der Waals surface area contributed by atoms with E-state index in [1.807, 2.05) is 61.5 Å². The van der Waals surface area contributed by atoms with Crippen molar-refractivity contribution in [2.75, 3.05) is 48.3 Å². The molecular formula is C27H33N4O+. The molecule has 3 aromatic carbocycles. The molecule has 166 valence electrons. The van der Waals surface area contributed by atoms with E-state index in [1.54, 1.807) is 4.90 Å². The quantitative estimate of drug-likeness (QED) is 0.539. The lowest BCUT2D eigenvalue weighted by atomic mass is 10.1. The first-order valence-electron chi connectivity index (χ1n) is 11.5. The van der Waals surface area contributed by atoms with Crippen LogP contribution in [0.3, 0.4) is 0 Å². The van der Waals surface area contributed by atoms with Gasteiger partial charge in [-0.1, -0.05) is 48.0 Å². The Morgan fingerprint density at radius 2 is 1.53 bits per heavy atom. The minimum absolute atomic E-state index is 0.0807. The second kappa shape index (κ2) is 10.3. The van der Waals surface area contributed by atoms with Gasteiger partial charge in [0.1, 0.15) is 6.04 Å². The van der Waals surface area contributed by atoms with Gasteiger partial charge in [-0.05, 0) is 55.8 Å². The van der Waals surface area contributed by atoms with Crippen LogP contribution in [-0.2, 0) is 4.79 Å². The van der Waals surface area contributed by atoms with E-state index in [0.29, 0.717) is 0 Å². The molecule has 5 heteroatoms. The Labute approximate surface area is 191 Å². The third-order valence-corrected chi connectivity index (χ3v) is 6.23. The zero-order chi connectivity index (χ0) is 22.3. The van der Waals surface area contributed by atoms with Crippen LogP contribution in [0.5, 0.6) is 0 Å². The molecule has 0 aliphatic carbocycles. The number of carbonyl (C=O) groups excluding carboxylic acids is 1. The van der Waals surface area contributed by atoms with Gasteiger partial charge in [-0.2, -0.15) is 0 Å². The predicted molar refractivity (Wildman–Crippen MR) is 133 cm³/mol. The zero-order valence-electron chi connectivity index (χ0n) is 19.0. The minimum atomic E-state index is -0.486. The maximum absolute atomic E-state index is 13.2. The van der Waals surface area contributed by atoms with Crippen LogP contribution in [0, 0.1) is 6.92 Å². The van der Waals surface area contributed by atoms with Gasteiger partial charge in [0.05, 0.1) is 32.7 Å². The number of carbonyl (C=O) groups is 1. The first-order chi connectivity index (χ1) is 15.6. The summed E-state index contributed by atoms with van der Waals surface area (Å²) in [7, 11) is 0. The van der Waals surface area contributed by atoms with Crippen LogP contribution in [0.2, 0.25) is 0 Å². The number of quaternary nitrogens is 1. The lowest BCUT2D eigenvalue weighted by Crippen LogP contribution is -3.14. The van der Waals surface area contributed by atoms with E-state index < -0.39 is 6.04 Å². The molecule has 1 aliphatic rings. The van der Waals surface area contributed by atoms with E-state index in [-0.39, 0.29) is 5.91 Å². The molecule has 0 saturated carbocycles. The summed E-state index contributed by atoms with van der Waals surface area (Å²) in [5.74, 6) is -0.0807. The number of hydrogen-bond acceptors (Lipinski definition) is 3. The monoisotopic (exact) mass is 429 g/mol.